The lowest BCUT2D eigenvalue weighted by Gasteiger charge is -2.41. The first kappa shape index (κ1) is 31.8. The Kier molecular flexibility index (Phi) is 11.0. The number of carbonyl (C=O) groups is 1. The number of methoxy groups -OCH3 is 1. The van der Waals surface area contributed by atoms with Gasteiger partial charge in [-0.1, -0.05) is 30.9 Å². The molecule has 2 unspecified atom stereocenters. The fraction of sp³-hybridized carbons (Fsp3) is 0.323. The van der Waals surface area contributed by atoms with Gasteiger partial charge in [-0.2, -0.15) is 0 Å². The monoisotopic (exact) mass is 598 g/mol. The van der Waals surface area contributed by atoms with Crippen LogP contribution in [-0.4, -0.2) is 76.7 Å². The maximum absolute atomic E-state index is 14.8. The van der Waals surface area contributed by atoms with Crippen LogP contribution in [0, 0.1) is 17.5 Å². The van der Waals surface area contributed by atoms with Crippen LogP contribution in [0.15, 0.2) is 61.3 Å². The Morgan fingerprint density at radius 3 is 2.77 bits per heavy atom. The first-order valence-corrected chi connectivity index (χ1v) is 13.6. The minimum absolute atomic E-state index is 0.0817. The fourth-order valence-electron chi connectivity index (χ4n) is 4.87. The van der Waals surface area contributed by atoms with E-state index < -0.39 is 60.4 Å². The molecule has 12 heteroatoms. The van der Waals surface area contributed by atoms with Gasteiger partial charge in [0.25, 0.3) is 0 Å². The SMILES string of the molecule is C=CC(=O)NC(C(O)CO)[C@@H]1O[C@H](/C=C/c2c(F)cnc3ccc(OC)nc23)CC[C@H]1NC/C=C/c1cc(F)ccc1F. The maximum atomic E-state index is 14.8. The lowest BCUT2D eigenvalue weighted by atomic mass is 9.90. The summed E-state index contributed by atoms with van der Waals surface area (Å²) in [5, 5.41) is 26.2. The molecule has 4 N–H and O–H groups in total. The Bertz CT molecular complexity index is 1500. The molecular weight excluding hydrogens is 565 g/mol. The minimum Gasteiger partial charge on any atom is -0.481 e. The van der Waals surface area contributed by atoms with Crippen LogP contribution in [-0.2, 0) is 9.53 Å². The minimum atomic E-state index is -1.38. The zero-order valence-corrected chi connectivity index (χ0v) is 23.4. The average Bonchev–Trinajstić information content (AvgIpc) is 3.02. The highest BCUT2D eigenvalue weighted by atomic mass is 19.1. The van der Waals surface area contributed by atoms with Crippen LogP contribution >= 0.6 is 0 Å². The van der Waals surface area contributed by atoms with E-state index >= 15 is 0 Å². The molecule has 1 aromatic carbocycles. The summed E-state index contributed by atoms with van der Waals surface area (Å²) in [6.07, 6.45) is 6.55. The van der Waals surface area contributed by atoms with E-state index in [0.29, 0.717) is 29.8 Å². The number of rotatable bonds is 12. The van der Waals surface area contributed by atoms with E-state index in [4.69, 9.17) is 9.47 Å². The fourth-order valence-corrected chi connectivity index (χ4v) is 4.87. The van der Waals surface area contributed by atoms with Crippen molar-refractivity contribution >= 4 is 29.1 Å². The van der Waals surface area contributed by atoms with Crippen molar-refractivity contribution in [2.24, 2.45) is 0 Å². The number of nitrogens with zero attached hydrogens (tertiary/aromatic N) is 2. The summed E-state index contributed by atoms with van der Waals surface area (Å²) in [6, 6.07) is 4.96. The molecule has 43 heavy (non-hydrogen) atoms. The second-order valence-electron chi connectivity index (χ2n) is 9.89. The largest absolute Gasteiger partial charge is 0.481 e. The van der Waals surface area contributed by atoms with Gasteiger partial charge >= 0.3 is 0 Å². The third-order valence-electron chi connectivity index (χ3n) is 7.06. The van der Waals surface area contributed by atoms with E-state index in [-0.39, 0.29) is 17.7 Å². The predicted octanol–water partition coefficient (Wildman–Crippen LogP) is 3.31. The molecule has 1 fully saturated rings. The van der Waals surface area contributed by atoms with E-state index in [9.17, 15) is 28.2 Å². The number of hydrogen-bond donors (Lipinski definition) is 4. The number of aliphatic hydroxyl groups excluding tert-OH is 2. The molecule has 1 amide bonds. The predicted molar refractivity (Wildman–Crippen MR) is 155 cm³/mol. The number of halogens is 3. The highest BCUT2D eigenvalue weighted by Gasteiger charge is 2.39. The molecule has 5 atom stereocenters. The summed E-state index contributed by atoms with van der Waals surface area (Å²) in [6.45, 7) is 3.01. The second-order valence-corrected chi connectivity index (χ2v) is 9.89. The number of ether oxygens (including phenoxy) is 2. The smallest absolute Gasteiger partial charge is 0.243 e. The lowest BCUT2D eigenvalue weighted by Crippen LogP contribution is -2.61. The van der Waals surface area contributed by atoms with Crippen LogP contribution in [0.1, 0.15) is 24.0 Å². The van der Waals surface area contributed by atoms with Gasteiger partial charge in [-0.15, -0.1) is 0 Å². The van der Waals surface area contributed by atoms with Crippen LogP contribution in [0.2, 0.25) is 0 Å². The molecule has 1 aliphatic heterocycles. The van der Waals surface area contributed by atoms with Crippen molar-refractivity contribution in [3.63, 3.8) is 0 Å². The highest BCUT2D eigenvalue weighted by molar-refractivity contribution is 5.87. The number of nitrogens with one attached hydrogen (secondary N) is 2. The summed E-state index contributed by atoms with van der Waals surface area (Å²) in [5.74, 6) is -2.02. The first-order chi connectivity index (χ1) is 20.7. The van der Waals surface area contributed by atoms with E-state index in [2.05, 4.69) is 27.2 Å². The van der Waals surface area contributed by atoms with Gasteiger partial charge in [0.05, 0.1) is 49.8 Å². The Balaban J connectivity index is 1.57. The quantitative estimate of drug-likeness (QED) is 0.234. The van der Waals surface area contributed by atoms with Crippen molar-refractivity contribution < 1.29 is 37.7 Å². The third-order valence-corrected chi connectivity index (χ3v) is 7.06. The molecule has 2 aromatic heterocycles. The van der Waals surface area contributed by atoms with Crippen LogP contribution in [0.3, 0.4) is 0 Å². The highest BCUT2D eigenvalue weighted by Crippen LogP contribution is 2.27. The number of hydrogen-bond acceptors (Lipinski definition) is 8. The topological polar surface area (TPSA) is 126 Å². The summed E-state index contributed by atoms with van der Waals surface area (Å²) in [5.41, 5.74) is 1.04. The van der Waals surface area contributed by atoms with Crippen molar-refractivity contribution in [2.75, 3.05) is 20.3 Å². The second kappa shape index (κ2) is 14.9. The molecule has 0 aliphatic carbocycles. The number of aromatic nitrogens is 2. The average molecular weight is 599 g/mol. The molecule has 9 nitrogen and oxygen atoms in total. The summed E-state index contributed by atoms with van der Waals surface area (Å²) in [4.78, 5) is 20.6. The number of amides is 1. The molecule has 1 aliphatic rings. The summed E-state index contributed by atoms with van der Waals surface area (Å²) in [7, 11) is 1.45. The zero-order chi connectivity index (χ0) is 30.9. The zero-order valence-electron chi connectivity index (χ0n) is 23.4. The van der Waals surface area contributed by atoms with Gasteiger partial charge in [-0.25, -0.2) is 18.2 Å². The molecule has 3 heterocycles. The van der Waals surface area contributed by atoms with Gasteiger partial charge in [0, 0.05) is 29.8 Å². The normalized spacial score (nSPS) is 20.4. The molecule has 0 spiro atoms. The van der Waals surface area contributed by atoms with Gasteiger partial charge in [-0.3, -0.25) is 9.78 Å². The molecule has 1 saturated heterocycles. The summed E-state index contributed by atoms with van der Waals surface area (Å²) >= 11 is 0. The van der Waals surface area contributed by atoms with Gasteiger partial charge in [-0.05, 0) is 43.2 Å². The van der Waals surface area contributed by atoms with Crippen molar-refractivity contribution in [3.8, 4) is 5.88 Å². The molecule has 0 saturated carbocycles. The molecular formula is C31H33F3N4O5. The van der Waals surface area contributed by atoms with Crippen LogP contribution in [0.5, 0.6) is 5.88 Å². The molecule has 0 radical (unpaired) electrons. The number of benzene rings is 1. The van der Waals surface area contributed by atoms with Crippen molar-refractivity contribution in [1.29, 1.82) is 0 Å². The molecule has 3 aromatic rings. The number of fused-ring (bicyclic) bond motifs is 1. The van der Waals surface area contributed by atoms with Crippen molar-refractivity contribution in [2.45, 2.75) is 43.2 Å². The van der Waals surface area contributed by atoms with Gasteiger partial charge < -0.3 is 30.3 Å². The third kappa shape index (κ3) is 8.05. The Labute approximate surface area is 246 Å². The van der Waals surface area contributed by atoms with Crippen molar-refractivity contribution in [3.05, 3.63) is 89.9 Å². The van der Waals surface area contributed by atoms with Gasteiger partial charge in [0.15, 0.2) is 5.82 Å². The number of aliphatic hydroxyl groups is 2. The molecule has 228 valence electrons. The van der Waals surface area contributed by atoms with Crippen LogP contribution < -0.4 is 15.4 Å². The Morgan fingerprint density at radius 1 is 1.21 bits per heavy atom. The van der Waals surface area contributed by atoms with E-state index in [1.54, 1.807) is 24.3 Å². The summed E-state index contributed by atoms with van der Waals surface area (Å²) < 4.78 is 53.8. The lowest BCUT2D eigenvalue weighted by molar-refractivity contribution is -0.125. The van der Waals surface area contributed by atoms with Gasteiger partial charge in [0.2, 0.25) is 11.8 Å². The number of pyridine rings is 2. The standard InChI is InChI=1S/C31H33F3N4O5/c1-3-27(41)37-30(26(40)17-39)31-25(35-14-4-5-18-15-19(32)6-10-22(18)33)11-8-20(43-31)7-9-21-23(34)16-36-24-12-13-28(42-2)38-29(21)24/h3-7,9-10,12-13,15-16,20,25-26,30-31,35,39-40H,1,8,11,14,17H2,2H3,(H,37,41)/b5-4+,9-7+/t20-,25-,26?,30?,31-/m1/s1. The maximum Gasteiger partial charge on any atom is 0.243 e. The van der Waals surface area contributed by atoms with Crippen LogP contribution in [0.25, 0.3) is 23.2 Å². The van der Waals surface area contributed by atoms with Gasteiger partial charge in [0.1, 0.15) is 17.2 Å². The Morgan fingerprint density at radius 2 is 2.02 bits per heavy atom. The number of carbonyl (C=O) groups excluding carboxylic acids is 1. The van der Waals surface area contributed by atoms with Crippen molar-refractivity contribution in [1.82, 2.24) is 20.6 Å². The molecule has 0 bridgehead atoms. The molecule has 4 rings (SSSR count). The van der Waals surface area contributed by atoms with E-state index in [1.807, 2.05) is 0 Å². The van der Waals surface area contributed by atoms with E-state index in [1.165, 1.54) is 19.3 Å². The van der Waals surface area contributed by atoms with Crippen LogP contribution in [0.4, 0.5) is 13.2 Å². The first-order valence-electron chi connectivity index (χ1n) is 13.6. The van der Waals surface area contributed by atoms with E-state index in [0.717, 1.165) is 30.5 Å². The Hall–Kier alpha value is -4.10.